The predicted molar refractivity (Wildman–Crippen MR) is 152 cm³/mol. The molecule has 0 aromatic heterocycles. The van der Waals surface area contributed by atoms with Gasteiger partial charge < -0.3 is 15.0 Å². The van der Waals surface area contributed by atoms with E-state index in [0.29, 0.717) is 40.9 Å². The number of hydrogen-bond acceptors (Lipinski definition) is 5. The number of hydrogen-bond donors (Lipinski definition) is 1. The molecule has 2 heterocycles. The molecule has 2 unspecified atom stereocenters. The fourth-order valence-corrected chi connectivity index (χ4v) is 5.37. The molecule has 2 aromatic carbocycles. The van der Waals surface area contributed by atoms with Crippen LogP contribution >= 0.6 is 23.2 Å². The maximum Gasteiger partial charge on any atom is 0.338 e. The normalized spacial score (nSPS) is 19.9. The van der Waals surface area contributed by atoms with Crippen molar-refractivity contribution in [1.29, 1.82) is 0 Å². The second kappa shape index (κ2) is 12.8. The Balaban J connectivity index is 1.67. The standard InChI is InChI=1S/C29H31Cl2FN4O4/c1-4-11-36-24(17-34-12-13-35(18(3)16-34)27(37)20-7-6-8-21(32)14-20)25(28(38)40-5-2)26(33-29(36)39)19-9-10-22(30)23(31)15-19/h4,6-10,14-15,18,26H,1,5,11-13,16-17H2,2-3H3,(H,33,39). The van der Waals surface area contributed by atoms with Gasteiger partial charge in [-0.3, -0.25) is 14.6 Å². The first kappa shape index (κ1) is 29.6. The molecule has 0 radical (unpaired) electrons. The molecule has 11 heteroatoms. The van der Waals surface area contributed by atoms with Crippen LogP contribution in [0.25, 0.3) is 0 Å². The van der Waals surface area contributed by atoms with E-state index in [1.165, 1.54) is 23.1 Å². The highest BCUT2D eigenvalue weighted by atomic mass is 35.5. The number of rotatable bonds is 8. The molecule has 1 N–H and O–H groups in total. The Morgan fingerprint density at radius 2 is 1.95 bits per heavy atom. The van der Waals surface area contributed by atoms with Gasteiger partial charge in [0.05, 0.1) is 28.3 Å². The van der Waals surface area contributed by atoms with E-state index in [0.717, 1.165) is 0 Å². The number of urea groups is 1. The van der Waals surface area contributed by atoms with Crippen LogP contribution in [0.4, 0.5) is 9.18 Å². The van der Waals surface area contributed by atoms with Crippen LogP contribution in [0.1, 0.15) is 35.8 Å². The van der Waals surface area contributed by atoms with Crippen molar-refractivity contribution < 1.29 is 23.5 Å². The minimum Gasteiger partial charge on any atom is -0.463 e. The fraction of sp³-hybridized carbons (Fsp3) is 0.345. The Kier molecular flexibility index (Phi) is 9.50. The monoisotopic (exact) mass is 588 g/mol. The smallest absolute Gasteiger partial charge is 0.338 e. The van der Waals surface area contributed by atoms with Crippen LogP contribution in [-0.2, 0) is 9.53 Å². The molecule has 8 nitrogen and oxygen atoms in total. The van der Waals surface area contributed by atoms with Gasteiger partial charge in [-0.05, 0) is 49.7 Å². The molecule has 3 amide bonds. The number of esters is 1. The third-order valence-corrected chi connectivity index (χ3v) is 7.68. The van der Waals surface area contributed by atoms with Gasteiger partial charge in [-0.25, -0.2) is 14.0 Å². The molecule has 1 fully saturated rings. The Hall–Kier alpha value is -3.40. The van der Waals surface area contributed by atoms with Gasteiger partial charge in [0.1, 0.15) is 5.82 Å². The van der Waals surface area contributed by atoms with Crippen molar-refractivity contribution in [1.82, 2.24) is 20.0 Å². The minimum absolute atomic E-state index is 0.150. The number of nitrogens with zero attached hydrogens (tertiary/aromatic N) is 3. The Labute approximate surface area is 243 Å². The predicted octanol–water partition coefficient (Wildman–Crippen LogP) is 5.05. The first-order valence-corrected chi connectivity index (χ1v) is 13.7. The Morgan fingerprint density at radius 1 is 1.18 bits per heavy atom. The van der Waals surface area contributed by atoms with Crippen LogP contribution in [0, 0.1) is 5.82 Å². The van der Waals surface area contributed by atoms with Gasteiger partial charge >= 0.3 is 12.0 Å². The number of halogens is 3. The summed E-state index contributed by atoms with van der Waals surface area (Å²) in [5.74, 6) is -1.27. The van der Waals surface area contributed by atoms with Crippen molar-refractivity contribution >= 4 is 41.1 Å². The third kappa shape index (κ3) is 6.32. The summed E-state index contributed by atoms with van der Waals surface area (Å²) < 4.78 is 19.2. The van der Waals surface area contributed by atoms with E-state index in [1.54, 1.807) is 42.2 Å². The molecular formula is C29H31Cl2FN4O4. The van der Waals surface area contributed by atoms with E-state index in [-0.39, 0.29) is 42.8 Å². The lowest BCUT2D eigenvalue weighted by atomic mass is 9.94. The van der Waals surface area contributed by atoms with Crippen LogP contribution in [0.2, 0.25) is 10.0 Å². The summed E-state index contributed by atoms with van der Waals surface area (Å²) in [6, 6.07) is 9.16. The molecule has 0 spiro atoms. The highest BCUT2D eigenvalue weighted by molar-refractivity contribution is 6.42. The number of benzene rings is 2. The topological polar surface area (TPSA) is 82.2 Å². The molecule has 0 aliphatic carbocycles. The van der Waals surface area contributed by atoms with Crippen molar-refractivity contribution in [2.45, 2.75) is 25.9 Å². The molecular weight excluding hydrogens is 558 g/mol. The lowest BCUT2D eigenvalue weighted by Crippen LogP contribution is -2.56. The second-order valence-corrected chi connectivity index (χ2v) is 10.4. The van der Waals surface area contributed by atoms with E-state index < -0.39 is 23.9 Å². The Morgan fingerprint density at radius 3 is 2.60 bits per heavy atom. The average Bonchev–Trinajstić information content (AvgIpc) is 2.92. The summed E-state index contributed by atoms with van der Waals surface area (Å²) in [6.07, 6.45) is 1.58. The maximum absolute atomic E-state index is 13.7. The molecule has 2 aliphatic heterocycles. The zero-order valence-corrected chi connectivity index (χ0v) is 23.8. The molecule has 2 aliphatic rings. The summed E-state index contributed by atoms with van der Waals surface area (Å²) in [4.78, 5) is 45.0. The van der Waals surface area contributed by atoms with E-state index in [1.807, 2.05) is 6.92 Å². The molecule has 0 saturated carbocycles. The van der Waals surface area contributed by atoms with Crippen LogP contribution in [0.3, 0.4) is 0 Å². The van der Waals surface area contributed by atoms with Crippen LogP contribution in [-0.4, -0.2) is 78.0 Å². The molecule has 212 valence electrons. The van der Waals surface area contributed by atoms with Gasteiger partial charge in [0.25, 0.3) is 5.91 Å². The summed E-state index contributed by atoms with van der Waals surface area (Å²) in [7, 11) is 0. The fourth-order valence-electron chi connectivity index (χ4n) is 5.06. The highest BCUT2D eigenvalue weighted by Gasteiger charge is 2.39. The van der Waals surface area contributed by atoms with Gasteiger partial charge in [-0.2, -0.15) is 0 Å². The van der Waals surface area contributed by atoms with Crippen LogP contribution < -0.4 is 5.32 Å². The third-order valence-electron chi connectivity index (χ3n) is 6.94. The van der Waals surface area contributed by atoms with Crippen molar-refractivity contribution in [3.05, 3.63) is 93.4 Å². The summed E-state index contributed by atoms with van der Waals surface area (Å²) in [6.45, 7) is 9.32. The minimum atomic E-state index is -0.814. The zero-order chi connectivity index (χ0) is 29.0. The lowest BCUT2D eigenvalue weighted by molar-refractivity contribution is -0.139. The van der Waals surface area contributed by atoms with E-state index in [4.69, 9.17) is 27.9 Å². The number of nitrogens with one attached hydrogen (secondary N) is 1. The molecule has 2 aromatic rings. The molecule has 4 rings (SSSR count). The van der Waals surface area contributed by atoms with Crippen molar-refractivity contribution in [2.75, 3.05) is 39.3 Å². The van der Waals surface area contributed by atoms with Crippen molar-refractivity contribution in [3.8, 4) is 0 Å². The van der Waals surface area contributed by atoms with Gasteiger partial charge in [0, 0.05) is 50.0 Å². The first-order valence-electron chi connectivity index (χ1n) is 13.0. The number of carbonyl (C=O) groups excluding carboxylic acids is 3. The second-order valence-electron chi connectivity index (χ2n) is 9.63. The first-order chi connectivity index (χ1) is 19.1. The zero-order valence-electron chi connectivity index (χ0n) is 22.3. The quantitative estimate of drug-likeness (QED) is 0.345. The van der Waals surface area contributed by atoms with Gasteiger partial charge in [-0.15, -0.1) is 6.58 Å². The largest absolute Gasteiger partial charge is 0.463 e. The number of ether oxygens (including phenoxy) is 1. The van der Waals surface area contributed by atoms with E-state index in [9.17, 15) is 18.8 Å². The SMILES string of the molecule is C=CCN1C(=O)NC(c2ccc(Cl)c(Cl)c2)C(C(=O)OCC)=C1CN1CCN(C(=O)c2cccc(F)c2)C(C)C1. The van der Waals surface area contributed by atoms with Crippen molar-refractivity contribution in [3.63, 3.8) is 0 Å². The summed E-state index contributed by atoms with van der Waals surface area (Å²) >= 11 is 12.4. The van der Waals surface area contributed by atoms with Crippen LogP contribution in [0.5, 0.6) is 0 Å². The van der Waals surface area contributed by atoms with Gasteiger partial charge in [0.2, 0.25) is 0 Å². The molecule has 0 bridgehead atoms. The Bertz CT molecular complexity index is 1350. The highest BCUT2D eigenvalue weighted by Crippen LogP contribution is 2.35. The van der Waals surface area contributed by atoms with Gasteiger partial charge in [-0.1, -0.05) is 41.4 Å². The molecule has 1 saturated heterocycles. The molecule has 40 heavy (non-hydrogen) atoms. The maximum atomic E-state index is 13.7. The van der Waals surface area contributed by atoms with Crippen molar-refractivity contribution in [2.24, 2.45) is 0 Å². The lowest BCUT2D eigenvalue weighted by Gasteiger charge is -2.43. The number of amides is 3. The molecule has 2 atom stereocenters. The van der Waals surface area contributed by atoms with Gasteiger partial charge in [0.15, 0.2) is 0 Å². The van der Waals surface area contributed by atoms with Crippen LogP contribution in [0.15, 0.2) is 66.4 Å². The van der Waals surface area contributed by atoms with E-state index in [2.05, 4.69) is 16.8 Å². The summed E-state index contributed by atoms with van der Waals surface area (Å²) in [5, 5.41) is 3.54. The van der Waals surface area contributed by atoms with E-state index >= 15 is 0 Å². The number of piperazine rings is 1. The number of carbonyl (C=O) groups is 3. The average molecular weight is 589 g/mol. The summed E-state index contributed by atoms with van der Waals surface area (Å²) in [5.41, 5.74) is 1.64.